The highest BCUT2D eigenvalue weighted by Gasteiger charge is 2.23. The van der Waals surface area contributed by atoms with E-state index >= 15 is 0 Å². The molecule has 0 saturated heterocycles. The van der Waals surface area contributed by atoms with Gasteiger partial charge in [-0.1, -0.05) is 45.8 Å². The van der Waals surface area contributed by atoms with E-state index in [1.807, 2.05) is 43.3 Å². The average molecular weight is 432 g/mol. The smallest absolute Gasteiger partial charge is 0.268 e. The second-order valence-electron chi connectivity index (χ2n) is 6.37. The summed E-state index contributed by atoms with van der Waals surface area (Å²) in [6, 6.07) is 12.7. The SMILES string of the molecule is Cc1ccc(S(=O)(=O)n2cc(C3=CCOCC3)c3ccc(Br)cc32)cc1. The van der Waals surface area contributed by atoms with Crippen LogP contribution in [0.5, 0.6) is 0 Å². The first-order valence-corrected chi connectivity index (χ1v) is 10.6. The number of hydrogen-bond acceptors (Lipinski definition) is 3. The van der Waals surface area contributed by atoms with E-state index in [0.717, 1.165) is 33.0 Å². The van der Waals surface area contributed by atoms with E-state index in [4.69, 9.17) is 4.74 Å². The number of aromatic nitrogens is 1. The lowest BCUT2D eigenvalue weighted by Gasteiger charge is -2.12. The van der Waals surface area contributed by atoms with Crippen molar-refractivity contribution in [1.29, 1.82) is 0 Å². The zero-order valence-electron chi connectivity index (χ0n) is 14.3. The zero-order chi connectivity index (χ0) is 18.3. The van der Waals surface area contributed by atoms with Crippen molar-refractivity contribution in [3.8, 4) is 0 Å². The van der Waals surface area contributed by atoms with E-state index in [1.54, 1.807) is 18.3 Å². The quantitative estimate of drug-likeness (QED) is 0.600. The van der Waals surface area contributed by atoms with Gasteiger partial charge in [0.1, 0.15) is 0 Å². The molecular formula is C20H18BrNO3S. The highest BCUT2D eigenvalue weighted by Crippen LogP contribution is 2.34. The number of rotatable bonds is 3. The topological polar surface area (TPSA) is 48.3 Å². The van der Waals surface area contributed by atoms with Gasteiger partial charge in [-0.3, -0.25) is 0 Å². The summed E-state index contributed by atoms with van der Waals surface area (Å²) in [4.78, 5) is 0.285. The molecule has 1 aliphatic rings. The largest absolute Gasteiger partial charge is 0.377 e. The van der Waals surface area contributed by atoms with Gasteiger partial charge in [-0.2, -0.15) is 0 Å². The van der Waals surface area contributed by atoms with Gasteiger partial charge in [-0.05, 0) is 43.2 Å². The minimum absolute atomic E-state index is 0.285. The average Bonchev–Trinajstić information content (AvgIpc) is 3.02. The van der Waals surface area contributed by atoms with Crippen molar-refractivity contribution in [1.82, 2.24) is 3.97 Å². The lowest BCUT2D eigenvalue weighted by molar-refractivity contribution is 0.161. The Balaban J connectivity index is 1.96. The lowest BCUT2D eigenvalue weighted by Crippen LogP contribution is -2.12. The fraction of sp³-hybridized carbons (Fsp3) is 0.200. The van der Waals surface area contributed by atoms with Crippen molar-refractivity contribution >= 4 is 42.4 Å². The Hall–Kier alpha value is -1.89. The van der Waals surface area contributed by atoms with Gasteiger partial charge < -0.3 is 4.74 Å². The van der Waals surface area contributed by atoms with E-state index in [2.05, 4.69) is 15.9 Å². The summed E-state index contributed by atoms with van der Waals surface area (Å²) < 4.78 is 34.2. The van der Waals surface area contributed by atoms with Crippen LogP contribution < -0.4 is 0 Å². The Labute approximate surface area is 161 Å². The molecule has 4 rings (SSSR count). The van der Waals surface area contributed by atoms with Crippen LogP contribution >= 0.6 is 15.9 Å². The Morgan fingerprint density at radius 1 is 1.12 bits per heavy atom. The first-order chi connectivity index (χ1) is 12.5. The van der Waals surface area contributed by atoms with E-state index < -0.39 is 10.0 Å². The molecule has 0 atom stereocenters. The number of halogens is 1. The molecule has 0 amide bonds. The first kappa shape index (κ1) is 17.5. The number of fused-ring (bicyclic) bond motifs is 1. The van der Waals surface area contributed by atoms with Crippen LogP contribution in [0.25, 0.3) is 16.5 Å². The van der Waals surface area contributed by atoms with E-state index in [0.29, 0.717) is 18.7 Å². The third kappa shape index (κ3) is 3.02. The van der Waals surface area contributed by atoms with Crippen LogP contribution in [0.2, 0.25) is 0 Å². The van der Waals surface area contributed by atoms with Crippen LogP contribution in [0.4, 0.5) is 0 Å². The molecule has 0 aliphatic carbocycles. The summed E-state index contributed by atoms with van der Waals surface area (Å²) in [6.07, 6.45) is 4.55. The molecule has 0 saturated carbocycles. The van der Waals surface area contributed by atoms with Gasteiger partial charge >= 0.3 is 0 Å². The fourth-order valence-electron chi connectivity index (χ4n) is 3.22. The van der Waals surface area contributed by atoms with Gasteiger partial charge in [0.15, 0.2) is 0 Å². The van der Waals surface area contributed by atoms with Crippen molar-refractivity contribution in [2.24, 2.45) is 0 Å². The van der Waals surface area contributed by atoms with Gasteiger partial charge in [0.2, 0.25) is 0 Å². The molecule has 2 aromatic carbocycles. The van der Waals surface area contributed by atoms with Crippen LogP contribution in [0, 0.1) is 6.92 Å². The Morgan fingerprint density at radius 2 is 1.88 bits per heavy atom. The first-order valence-electron chi connectivity index (χ1n) is 8.37. The maximum Gasteiger partial charge on any atom is 0.268 e. The van der Waals surface area contributed by atoms with E-state index in [9.17, 15) is 8.42 Å². The third-order valence-electron chi connectivity index (χ3n) is 4.62. The van der Waals surface area contributed by atoms with Crippen LogP contribution in [0.1, 0.15) is 17.5 Å². The van der Waals surface area contributed by atoms with Crippen LogP contribution in [-0.4, -0.2) is 25.6 Å². The Morgan fingerprint density at radius 3 is 2.58 bits per heavy atom. The molecule has 134 valence electrons. The zero-order valence-corrected chi connectivity index (χ0v) is 16.7. The molecule has 6 heteroatoms. The Bertz CT molecular complexity index is 1110. The molecular weight excluding hydrogens is 414 g/mol. The van der Waals surface area contributed by atoms with Crippen molar-refractivity contribution in [3.63, 3.8) is 0 Å². The standard InChI is InChI=1S/C20H18BrNO3S/c1-14-2-5-17(6-3-14)26(23,24)22-13-19(15-8-10-25-11-9-15)18-7-4-16(21)12-20(18)22/h2-8,12-13H,9-11H2,1H3. The highest BCUT2D eigenvalue weighted by molar-refractivity contribution is 9.10. The monoisotopic (exact) mass is 431 g/mol. The maximum atomic E-state index is 13.3. The molecule has 0 bridgehead atoms. The number of hydrogen-bond donors (Lipinski definition) is 0. The number of ether oxygens (including phenoxy) is 1. The molecule has 0 fully saturated rings. The molecule has 0 N–H and O–H groups in total. The van der Waals surface area contributed by atoms with Crippen molar-refractivity contribution in [3.05, 3.63) is 70.3 Å². The van der Waals surface area contributed by atoms with Crippen LogP contribution in [-0.2, 0) is 14.8 Å². The maximum absolute atomic E-state index is 13.3. The number of aryl methyl sites for hydroxylation is 1. The molecule has 2 heterocycles. The second kappa shape index (κ2) is 6.68. The van der Waals surface area contributed by atoms with Gasteiger partial charge in [-0.25, -0.2) is 12.4 Å². The fourth-order valence-corrected chi connectivity index (χ4v) is 4.93. The van der Waals surface area contributed by atoms with Gasteiger partial charge in [0.05, 0.1) is 23.6 Å². The summed E-state index contributed by atoms with van der Waals surface area (Å²) in [5.74, 6) is 0. The molecule has 26 heavy (non-hydrogen) atoms. The lowest BCUT2D eigenvalue weighted by atomic mass is 10.0. The summed E-state index contributed by atoms with van der Waals surface area (Å²) in [5, 5.41) is 0.928. The predicted octanol–water partition coefficient (Wildman–Crippen LogP) is 4.75. The third-order valence-corrected chi connectivity index (χ3v) is 6.80. The van der Waals surface area contributed by atoms with Gasteiger partial charge in [-0.15, -0.1) is 0 Å². The molecule has 3 aromatic rings. The van der Waals surface area contributed by atoms with Gasteiger partial charge in [0.25, 0.3) is 10.0 Å². The molecule has 1 aliphatic heterocycles. The number of benzene rings is 2. The number of nitrogens with zero attached hydrogens (tertiary/aromatic N) is 1. The normalized spacial score (nSPS) is 15.2. The molecule has 0 spiro atoms. The summed E-state index contributed by atoms with van der Waals surface area (Å²) in [5.41, 5.74) is 3.77. The van der Waals surface area contributed by atoms with Crippen molar-refractivity contribution < 1.29 is 13.2 Å². The minimum Gasteiger partial charge on any atom is -0.377 e. The molecule has 1 aromatic heterocycles. The minimum atomic E-state index is -3.68. The van der Waals surface area contributed by atoms with Crippen molar-refractivity contribution in [2.75, 3.05) is 13.2 Å². The molecule has 4 nitrogen and oxygen atoms in total. The summed E-state index contributed by atoms with van der Waals surface area (Å²) in [6.45, 7) is 3.15. The molecule has 0 unspecified atom stereocenters. The van der Waals surface area contributed by atoms with E-state index in [-0.39, 0.29) is 4.90 Å². The van der Waals surface area contributed by atoms with Crippen molar-refractivity contribution in [2.45, 2.75) is 18.2 Å². The molecule has 0 radical (unpaired) electrons. The van der Waals surface area contributed by atoms with Gasteiger partial charge in [0, 0.05) is 21.6 Å². The Kier molecular flexibility index (Phi) is 4.50. The summed E-state index contributed by atoms with van der Waals surface area (Å²) in [7, 11) is -3.68. The second-order valence-corrected chi connectivity index (χ2v) is 9.10. The highest BCUT2D eigenvalue weighted by atomic mass is 79.9. The summed E-state index contributed by atoms with van der Waals surface area (Å²) >= 11 is 3.46. The predicted molar refractivity (Wildman–Crippen MR) is 107 cm³/mol. The van der Waals surface area contributed by atoms with Crippen LogP contribution in [0.15, 0.2) is 64.1 Å². The van der Waals surface area contributed by atoms with E-state index in [1.165, 1.54) is 3.97 Å². The van der Waals surface area contributed by atoms with Crippen LogP contribution in [0.3, 0.4) is 0 Å².